The van der Waals surface area contributed by atoms with Crippen LogP contribution in [0.1, 0.15) is 74.5 Å². The number of oxime groups is 1. The molecule has 6 rings (SSSR count). The van der Waals surface area contributed by atoms with E-state index in [9.17, 15) is 23.1 Å². The summed E-state index contributed by atoms with van der Waals surface area (Å²) >= 11 is 12.0. The van der Waals surface area contributed by atoms with E-state index in [0.29, 0.717) is 41.3 Å². The lowest BCUT2D eigenvalue weighted by Crippen LogP contribution is -2.65. The van der Waals surface area contributed by atoms with Gasteiger partial charge in [-0.05, 0) is 96.4 Å². The van der Waals surface area contributed by atoms with Crippen molar-refractivity contribution in [3.05, 3.63) is 92.0 Å². The van der Waals surface area contributed by atoms with E-state index in [2.05, 4.69) is 5.16 Å². The summed E-state index contributed by atoms with van der Waals surface area (Å²) < 4.78 is 71.7. The number of halogens is 7. The highest BCUT2D eigenvalue weighted by Gasteiger charge is 2.79. The number of alkyl halides is 5. The summed E-state index contributed by atoms with van der Waals surface area (Å²) in [4.78, 5) is 17.6. The number of carbonyl (C=O) groups excluding carboxylic acids is 1. The number of ketones is 1. The highest BCUT2D eigenvalue weighted by Crippen LogP contribution is 2.70. The minimum absolute atomic E-state index is 0.0371. The third-order valence-corrected chi connectivity index (χ3v) is 11.3. The van der Waals surface area contributed by atoms with Gasteiger partial charge in [-0.25, -0.2) is 0 Å². The summed E-state index contributed by atoms with van der Waals surface area (Å²) in [5.74, 6) is -6.56. The van der Waals surface area contributed by atoms with Gasteiger partial charge in [0.05, 0.1) is 16.3 Å². The van der Waals surface area contributed by atoms with Crippen LogP contribution in [0.5, 0.6) is 0 Å². The van der Waals surface area contributed by atoms with Crippen molar-refractivity contribution in [3.8, 4) is 0 Å². The zero-order chi connectivity index (χ0) is 32.4. The average molecular weight is 669 g/mol. The predicted octanol–water partition coefficient (Wildman–Crippen LogP) is 9.37. The maximum Gasteiger partial charge on any atom is 0.456 e. The smallest absolute Gasteiger partial charge is 0.391 e. The van der Waals surface area contributed by atoms with E-state index in [1.165, 1.54) is 13.1 Å². The molecular weight excluding hydrogens is 636 g/mol. The number of nitrogens with zero attached hydrogens (tertiary/aromatic N) is 1. The summed E-state index contributed by atoms with van der Waals surface area (Å²) in [7, 11) is 0. The van der Waals surface area contributed by atoms with Crippen LogP contribution in [0.4, 0.5) is 22.0 Å². The van der Waals surface area contributed by atoms with Crippen molar-refractivity contribution in [3.63, 3.8) is 0 Å². The Morgan fingerprint density at radius 3 is 2.44 bits per heavy atom. The Kier molecular flexibility index (Phi) is 8.22. The summed E-state index contributed by atoms with van der Waals surface area (Å²) in [6.45, 7) is 1.58. The largest absolute Gasteiger partial charge is 0.456 e. The molecule has 4 aliphatic rings. The Morgan fingerprint density at radius 1 is 1.02 bits per heavy atom. The van der Waals surface area contributed by atoms with Crippen molar-refractivity contribution in [1.82, 2.24) is 0 Å². The first kappa shape index (κ1) is 32.2. The number of aliphatic hydroxyl groups is 1. The molecule has 240 valence electrons. The molecule has 0 aromatic heterocycles. The summed E-state index contributed by atoms with van der Waals surface area (Å²) in [5, 5.41) is 16.3. The van der Waals surface area contributed by atoms with Crippen molar-refractivity contribution in [2.45, 2.75) is 82.1 Å². The van der Waals surface area contributed by atoms with Crippen LogP contribution in [-0.2, 0) is 16.2 Å². The van der Waals surface area contributed by atoms with E-state index in [4.69, 9.17) is 28.0 Å². The van der Waals surface area contributed by atoms with Crippen molar-refractivity contribution in [1.29, 1.82) is 0 Å². The Labute approximate surface area is 267 Å². The molecule has 1 N–H and O–H groups in total. The second-order valence-electron chi connectivity index (χ2n) is 12.9. The van der Waals surface area contributed by atoms with Crippen LogP contribution in [-0.4, -0.2) is 34.8 Å². The first-order chi connectivity index (χ1) is 21.2. The van der Waals surface area contributed by atoms with E-state index in [1.807, 2.05) is 12.1 Å². The number of fused-ring (bicyclic) bond motifs is 4. The molecule has 2 unspecified atom stereocenters. The van der Waals surface area contributed by atoms with Crippen molar-refractivity contribution >= 4 is 35.2 Å². The van der Waals surface area contributed by atoms with Crippen LogP contribution in [0.2, 0.25) is 10.0 Å². The molecule has 0 spiro atoms. The van der Waals surface area contributed by atoms with Crippen LogP contribution < -0.4 is 0 Å². The second kappa shape index (κ2) is 11.5. The average Bonchev–Trinajstić information content (AvgIpc) is 3.27. The molecule has 0 bridgehead atoms. The fraction of sp³-hybridized carbons (Fsp3) is 0.471. The third-order valence-electron chi connectivity index (χ3n) is 10.6. The molecule has 4 nitrogen and oxygen atoms in total. The summed E-state index contributed by atoms with van der Waals surface area (Å²) in [5.41, 5.74) is 0.255. The van der Waals surface area contributed by atoms with Crippen molar-refractivity contribution in [2.75, 3.05) is 0 Å². The Balaban J connectivity index is 1.33. The maximum atomic E-state index is 15.2. The molecule has 2 fully saturated rings. The fourth-order valence-electron chi connectivity index (χ4n) is 8.37. The van der Waals surface area contributed by atoms with Gasteiger partial charge in [-0.2, -0.15) is 22.0 Å². The maximum absolute atomic E-state index is 15.2. The van der Waals surface area contributed by atoms with Gasteiger partial charge in [-0.15, -0.1) is 0 Å². The second-order valence-corrected chi connectivity index (χ2v) is 13.7. The van der Waals surface area contributed by atoms with E-state index in [-0.39, 0.29) is 31.1 Å². The first-order valence-corrected chi connectivity index (χ1v) is 15.7. The van der Waals surface area contributed by atoms with Gasteiger partial charge in [0, 0.05) is 17.8 Å². The SMILES string of the molecule is C[C@]12C[C@H](c3ccc(/C=N/OCc4ccc(Cl)c(Cl)c4)cc3)C3=C4CCC(=O)C=C4CCC3C1CC[C@@]2(O)C(F)(F)C(F)(F)F. The molecule has 5 atom stereocenters. The van der Waals surface area contributed by atoms with Gasteiger partial charge in [0.25, 0.3) is 0 Å². The van der Waals surface area contributed by atoms with Gasteiger partial charge in [0.1, 0.15) is 12.2 Å². The van der Waals surface area contributed by atoms with Gasteiger partial charge in [0.2, 0.25) is 0 Å². The molecule has 0 aliphatic heterocycles. The number of allylic oxidation sites excluding steroid dienone is 4. The van der Waals surface area contributed by atoms with Gasteiger partial charge in [-0.1, -0.05) is 71.2 Å². The monoisotopic (exact) mass is 667 g/mol. The fourth-order valence-corrected chi connectivity index (χ4v) is 8.69. The summed E-state index contributed by atoms with van der Waals surface area (Å²) in [6, 6.07) is 12.3. The topological polar surface area (TPSA) is 58.9 Å². The number of hydrogen-bond acceptors (Lipinski definition) is 4. The highest BCUT2D eigenvalue weighted by atomic mass is 35.5. The van der Waals surface area contributed by atoms with Crippen LogP contribution in [0.15, 0.2) is 70.4 Å². The quantitative estimate of drug-likeness (QED) is 0.190. The molecule has 0 saturated heterocycles. The van der Waals surface area contributed by atoms with Gasteiger partial charge in [-0.3, -0.25) is 4.79 Å². The molecular formula is C34H32Cl2F5NO3. The molecule has 4 aliphatic carbocycles. The lowest BCUT2D eigenvalue weighted by atomic mass is 9.50. The minimum Gasteiger partial charge on any atom is -0.391 e. The number of carbonyl (C=O) groups is 1. The van der Waals surface area contributed by atoms with Crippen molar-refractivity contribution < 1.29 is 36.7 Å². The molecule has 2 aromatic carbocycles. The Bertz CT molecular complexity index is 1600. The molecule has 45 heavy (non-hydrogen) atoms. The van der Waals surface area contributed by atoms with Crippen LogP contribution in [0.25, 0.3) is 0 Å². The molecule has 0 amide bonds. The van der Waals surface area contributed by atoms with Gasteiger partial charge < -0.3 is 9.94 Å². The van der Waals surface area contributed by atoms with Crippen LogP contribution >= 0.6 is 23.2 Å². The van der Waals surface area contributed by atoms with E-state index < -0.39 is 41.4 Å². The Morgan fingerprint density at radius 2 is 1.76 bits per heavy atom. The van der Waals surface area contributed by atoms with Crippen molar-refractivity contribution in [2.24, 2.45) is 22.4 Å². The lowest BCUT2D eigenvalue weighted by Gasteiger charge is -2.56. The van der Waals surface area contributed by atoms with Crippen LogP contribution in [0, 0.1) is 17.3 Å². The minimum atomic E-state index is -5.89. The molecule has 2 saturated carbocycles. The third kappa shape index (κ3) is 5.32. The Hall–Kier alpha value is -2.75. The number of hydrogen-bond donors (Lipinski definition) is 1. The standard InChI is InChI=1S/C34H32Cl2F5NO3/c1-31-16-26(21-5-2-19(3-6-21)17-42-45-18-20-4-11-28(35)29(36)14-20)30-24-10-8-23(43)15-22(24)7-9-25(30)27(31)12-13-32(31,44)33(37,38)34(39,40)41/h2-6,11,14-15,17,25-27,44H,7-10,12-13,16,18H2,1H3/b42-17+/t25?,26-,27?,31+,32+/m1/s1. The van der Waals surface area contributed by atoms with E-state index in [0.717, 1.165) is 27.8 Å². The van der Waals surface area contributed by atoms with Crippen LogP contribution in [0.3, 0.4) is 0 Å². The number of benzene rings is 2. The molecule has 11 heteroatoms. The van der Waals surface area contributed by atoms with E-state index in [1.54, 1.807) is 36.4 Å². The molecule has 0 heterocycles. The highest BCUT2D eigenvalue weighted by molar-refractivity contribution is 6.42. The predicted molar refractivity (Wildman–Crippen MR) is 162 cm³/mol. The first-order valence-electron chi connectivity index (χ1n) is 15.0. The zero-order valence-electron chi connectivity index (χ0n) is 24.4. The normalized spacial score (nSPS) is 30.2. The van der Waals surface area contributed by atoms with Gasteiger partial charge in [0.15, 0.2) is 5.78 Å². The van der Waals surface area contributed by atoms with Gasteiger partial charge >= 0.3 is 12.1 Å². The lowest BCUT2D eigenvalue weighted by molar-refractivity contribution is -0.362. The summed E-state index contributed by atoms with van der Waals surface area (Å²) in [6.07, 6.45) is -1.42. The zero-order valence-corrected chi connectivity index (χ0v) is 26.0. The molecule has 2 aromatic rings. The van der Waals surface area contributed by atoms with E-state index >= 15 is 8.78 Å². The molecule has 0 radical (unpaired) electrons. The number of rotatable bonds is 6.